The minimum atomic E-state index is -0.911. The summed E-state index contributed by atoms with van der Waals surface area (Å²) in [7, 11) is 1.60. The molecule has 1 aliphatic heterocycles. The molecule has 0 bridgehead atoms. The van der Waals surface area contributed by atoms with Crippen molar-refractivity contribution in [2.45, 2.75) is 18.9 Å². The number of anilines is 1. The molecule has 1 fully saturated rings. The van der Waals surface area contributed by atoms with Gasteiger partial charge in [0.2, 0.25) is 5.91 Å². The molecule has 0 saturated heterocycles. The Bertz CT molecular complexity index is 814. The molecule has 1 unspecified atom stereocenters. The molecule has 2 aliphatic rings. The van der Waals surface area contributed by atoms with Crippen LogP contribution in [0.4, 0.5) is 5.69 Å². The second-order valence-electron chi connectivity index (χ2n) is 6.52. The Hall–Kier alpha value is -2.73. The average molecular weight is 355 g/mol. The molecule has 1 atom stereocenters. The van der Waals surface area contributed by atoms with Crippen molar-refractivity contribution >= 4 is 11.6 Å². The molecule has 0 radical (unpaired) electrons. The van der Waals surface area contributed by atoms with E-state index in [-0.39, 0.29) is 11.8 Å². The third-order valence-electron chi connectivity index (χ3n) is 4.65. The summed E-state index contributed by atoms with van der Waals surface area (Å²) in [5, 5.41) is 13.9. The lowest BCUT2D eigenvalue weighted by Crippen LogP contribution is -2.19. The van der Waals surface area contributed by atoms with Crippen molar-refractivity contribution in [1.29, 1.82) is 0 Å². The number of ether oxygens (including phenoxy) is 3. The molecule has 1 saturated carbocycles. The van der Waals surface area contributed by atoms with Crippen LogP contribution in [0.15, 0.2) is 36.4 Å². The van der Waals surface area contributed by atoms with E-state index in [1.54, 1.807) is 43.5 Å². The summed E-state index contributed by atoms with van der Waals surface area (Å²) in [6, 6.07) is 10.7. The summed E-state index contributed by atoms with van der Waals surface area (Å²) in [5.41, 5.74) is 1.83. The highest BCUT2D eigenvalue weighted by Crippen LogP contribution is 2.41. The SMILES string of the molecule is COc1ccc(C(O)c2cc3c(cc2NC(=O)C2CC2)OCCO3)cc1. The maximum absolute atomic E-state index is 12.3. The maximum Gasteiger partial charge on any atom is 0.227 e. The normalized spacial score (nSPS) is 16.7. The van der Waals surface area contributed by atoms with Crippen LogP contribution in [0.3, 0.4) is 0 Å². The van der Waals surface area contributed by atoms with E-state index in [9.17, 15) is 9.90 Å². The van der Waals surface area contributed by atoms with Gasteiger partial charge in [-0.2, -0.15) is 0 Å². The fourth-order valence-corrected chi connectivity index (χ4v) is 2.99. The molecule has 4 rings (SSSR count). The smallest absolute Gasteiger partial charge is 0.227 e. The van der Waals surface area contributed by atoms with E-state index in [0.29, 0.717) is 47.3 Å². The number of aliphatic hydroxyl groups is 1. The quantitative estimate of drug-likeness (QED) is 0.862. The number of carbonyl (C=O) groups is 1. The van der Waals surface area contributed by atoms with Crippen molar-refractivity contribution in [3.8, 4) is 17.2 Å². The molecule has 0 spiro atoms. The summed E-state index contributed by atoms with van der Waals surface area (Å²) >= 11 is 0. The van der Waals surface area contributed by atoms with Crippen LogP contribution in [0.2, 0.25) is 0 Å². The third-order valence-corrected chi connectivity index (χ3v) is 4.65. The summed E-state index contributed by atoms with van der Waals surface area (Å²) in [6.45, 7) is 0.919. The molecule has 6 heteroatoms. The lowest BCUT2D eigenvalue weighted by Gasteiger charge is -2.23. The molecule has 6 nitrogen and oxygen atoms in total. The second-order valence-corrected chi connectivity index (χ2v) is 6.52. The van der Waals surface area contributed by atoms with Crippen molar-refractivity contribution in [2.75, 3.05) is 25.6 Å². The molecule has 0 aromatic heterocycles. The van der Waals surface area contributed by atoms with Gasteiger partial charge >= 0.3 is 0 Å². The molecule has 2 aromatic rings. The van der Waals surface area contributed by atoms with Crippen LogP contribution in [0.1, 0.15) is 30.1 Å². The zero-order valence-corrected chi connectivity index (χ0v) is 14.5. The third kappa shape index (κ3) is 3.32. The number of hydrogen-bond donors (Lipinski definition) is 2. The van der Waals surface area contributed by atoms with E-state index < -0.39 is 6.10 Å². The minimum Gasteiger partial charge on any atom is -0.497 e. The Morgan fingerprint density at radius 1 is 1.15 bits per heavy atom. The van der Waals surface area contributed by atoms with Gasteiger partial charge in [0.1, 0.15) is 25.1 Å². The Kier molecular flexibility index (Phi) is 4.42. The van der Waals surface area contributed by atoms with Gasteiger partial charge in [0.25, 0.3) is 0 Å². The highest BCUT2D eigenvalue weighted by Gasteiger charge is 2.31. The van der Waals surface area contributed by atoms with Gasteiger partial charge in [-0.05, 0) is 36.6 Å². The Morgan fingerprint density at radius 3 is 2.42 bits per heavy atom. The van der Waals surface area contributed by atoms with Gasteiger partial charge in [0.15, 0.2) is 11.5 Å². The number of hydrogen-bond acceptors (Lipinski definition) is 5. The van der Waals surface area contributed by atoms with Gasteiger partial charge in [0, 0.05) is 17.5 Å². The standard InChI is InChI=1S/C20H21NO5/c1-24-14-6-4-12(5-7-14)19(22)15-10-17-18(26-9-8-25-17)11-16(15)21-20(23)13-2-3-13/h4-7,10-11,13,19,22H,2-3,8-9H2,1H3,(H,21,23). The molecule has 1 heterocycles. The number of fused-ring (bicyclic) bond motifs is 1. The number of amides is 1. The number of aliphatic hydroxyl groups excluding tert-OH is 1. The van der Waals surface area contributed by atoms with Crippen molar-refractivity contribution in [1.82, 2.24) is 0 Å². The predicted molar refractivity (Wildman–Crippen MR) is 95.8 cm³/mol. The summed E-state index contributed by atoms with van der Waals surface area (Å²) in [4.78, 5) is 12.3. The molecule has 26 heavy (non-hydrogen) atoms. The second kappa shape index (κ2) is 6.88. The maximum atomic E-state index is 12.3. The van der Waals surface area contributed by atoms with Gasteiger partial charge in [-0.3, -0.25) is 4.79 Å². The zero-order valence-electron chi connectivity index (χ0n) is 14.5. The average Bonchev–Trinajstić information content (AvgIpc) is 3.52. The first-order valence-electron chi connectivity index (χ1n) is 8.72. The molecule has 2 aromatic carbocycles. The predicted octanol–water partition coefficient (Wildman–Crippen LogP) is 2.90. The van der Waals surface area contributed by atoms with Crippen molar-refractivity contribution in [2.24, 2.45) is 5.92 Å². The Morgan fingerprint density at radius 2 is 1.81 bits per heavy atom. The Balaban J connectivity index is 1.70. The first kappa shape index (κ1) is 16.7. The number of rotatable bonds is 5. The lowest BCUT2D eigenvalue weighted by molar-refractivity contribution is -0.117. The van der Waals surface area contributed by atoms with Gasteiger partial charge in [-0.25, -0.2) is 0 Å². The monoisotopic (exact) mass is 355 g/mol. The van der Waals surface area contributed by atoms with Crippen molar-refractivity contribution in [3.05, 3.63) is 47.5 Å². The summed E-state index contributed by atoms with van der Waals surface area (Å²) in [6.07, 6.45) is 0.908. The molecule has 2 N–H and O–H groups in total. The lowest BCUT2D eigenvalue weighted by atomic mass is 9.98. The number of carbonyl (C=O) groups excluding carboxylic acids is 1. The highest BCUT2D eigenvalue weighted by atomic mass is 16.6. The van der Waals surface area contributed by atoms with Crippen LogP contribution in [0, 0.1) is 5.92 Å². The van der Waals surface area contributed by atoms with Crippen LogP contribution >= 0.6 is 0 Å². The van der Waals surface area contributed by atoms with Crippen molar-refractivity contribution < 1.29 is 24.1 Å². The van der Waals surface area contributed by atoms with E-state index >= 15 is 0 Å². The summed E-state index contributed by atoms with van der Waals surface area (Å²) < 4.78 is 16.4. The topological polar surface area (TPSA) is 77.0 Å². The van der Waals surface area contributed by atoms with Crippen LogP contribution in [0.5, 0.6) is 17.2 Å². The minimum absolute atomic E-state index is 0.0233. The van der Waals surface area contributed by atoms with Crippen molar-refractivity contribution in [3.63, 3.8) is 0 Å². The number of methoxy groups -OCH3 is 1. The fraction of sp³-hybridized carbons (Fsp3) is 0.350. The number of nitrogens with one attached hydrogen (secondary N) is 1. The largest absolute Gasteiger partial charge is 0.497 e. The molecule has 1 amide bonds. The molecule has 1 aliphatic carbocycles. The molecule has 136 valence electrons. The number of benzene rings is 2. The van der Waals surface area contributed by atoms with Crippen LogP contribution in [0.25, 0.3) is 0 Å². The van der Waals surface area contributed by atoms with E-state index in [0.717, 1.165) is 12.8 Å². The first-order valence-corrected chi connectivity index (χ1v) is 8.72. The summed E-state index contributed by atoms with van der Waals surface area (Å²) in [5.74, 6) is 1.90. The van der Waals surface area contributed by atoms with E-state index in [1.807, 2.05) is 0 Å². The van der Waals surface area contributed by atoms with Gasteiger partial charge in [0.05, 0.1) is 12.8 Å². The van der Waals surface area contributed by atoms with E-state index in [2.05, 4.69) is 5.32 Å². The molecular formula is C20H21NO5. The van der Waals surface area contributed by atoms with E-state index in [1.165, 1.54) is 0 Å². The fourth-order valence-electron chi connectivity index (χ4n) is 2.99. The van der Waals surface area contributed by atoms with Gasteiger partial charge in [-0.1, -0.05) is 12.1 Å². The Labute approximate surface area is 151 Å². The van der Waals surface area contributed by atoms with Crippen LogP contribution in [-0.2, 0) is 4.79 Å². The molecular weight excluding hydrogens is 334 g/mol. The van der Waals surface area contributed by atoms with Gasteiger partial charge < -0.3 is 24.6 Å². The first-order chi connectivity index (χ1) is 12.7. The van der Waals surface area contributed by atoms with Crippen LogP contribution < -0.4 is 19.5 Å². The van der Waals surface area contributed by atoms with Gasteiger partial charge in [-0.15, -0.1) is 0 Å². The zero-order chi connectivity index (χ0) is 18.1. The van der Waals surface area contributed by atoms with E-state index in [4.69, 9.17) is 14.2 Å². The van der Waals surface area contributed by atoms with Crippen LogP contribution in [-0.4, -0.2) is 31.3 Å². The highest BCUT2D eigenvalue weighted by molar-refractivity contribution is 5.95.